The molecule has 1 atom stereocenters. The van der Waals surface area contributed by atoms with Crippen molar-refractivity contribution < 1.29 is 13.9 Å². The molecule has 1 amide bonds. The van der Waals surface area contributed by atoms with E-state index in [1.807, 2.05) is 13.8 Å². The number of hydrogen-bond donors (Lipinski definition) is 2. The number of amides is 1. The number of halogens is 1. The van der Waals surface area contributed by atoms with Crippen molar-refractivity contribution in [2.45, 2.75) is 25.5 Å². The van der Waals surface area contributed by atoms with Gasteiger partial charge < -0.3 is 15.4 Å². The zero-order chi connectivity index (χ0) is 16.9. The summed E-state index contributed by atoms with van der Waals surface area (Å²) in [5, 5.41) is 6.25. The van der Waals surface area contributed by atoms with Crippen molar-refractivity contribution >= 4 is 5.91 Å². The Morgan fingerprint density at radius 2 is 1.96 bits per heavy atom. The van der Waals surface area contributed by atoms with Crippen LogP contribution in [-0.2, 0) is 9.53 Å². The van der Waals surface area contributed by atoms with Crippen molar-refractivity contribution in [2.24, 2.45) is 0 Å². The van der Waals surface area contributed by atoms with Crippen LogP contribution in [0.1, 0.15) is 25.5 Å². The van der Waals surface area contributed by atoms with Crippen LogP contribution >= 0.6 is 0 Å². The minimum Gasteiger partial charge on any atom is -0.375 e. The van der Waals surface area contributed by atoms with Crippen molar-refractivity contribution in [3.05, 3.63) is 35.6 Å². The van der Waals surface area contributed by atoms with E-state index < -0.39 is 5.54 Å². The van der Waals surface area contributed by atoms with Gasteiger partial charge in [0.2, 0.25) is 5.91 Å². The van der Waals surface area contributed by atoms with Gasteiger partial charge in [-0.3, -0.25) is 9.69 Å². The highest BCUT2D eigenvalue weighted by Gasteiger charge is 2.35. The van der Waals surface area contributed by atoms with E-state index in [1.165, 1.54) is 12.1 Å². The van der Waals surface area contributed by atoms with Gasteiger partial charge in [-0.25, -0.2) is 4.39 Å². The third kappa shape index (κ3) is 4.50. The molecule has 1 heterocycles. The molecule has 0 aromatic heterocycles. The molecule has 1 aliphatic rings. The van der Waals surface area contributed by atoms with Gasteiger partial charge >= 0.3 is 0 Å². The maximum absolute atomic E-state index is 13.0. The molecule has 0 unspecified atom stereocenters. The van der Waals surface area contributed by atoms with Crippen LogP contribution in [0.3, 0.4) is 0 Å². The van der Waals surface area contributed by atoms with Crippen molar-refractivity contribution in [1.82, 2.24) is 15.5 Å². The number of benzene rings is 1. The summed E-state index contributed by atoms with van der Waals surface area (Å²) >= 11 is 0. The quantitative estimate of drug-likeness (QED) is 0.829. The summed E-state index contributed by atoms with van der Waals surface area (Å²) in [5.74, 6) is -0.309. The number of piperazine rings is 1. The molecule has 0 saturated carbocycles. The first-order chi connectivity index (χ1) is 10.9. The van der Waals surface area contributed by atoms with Crippen LogP contribution in [0.25, 0.3) is 0 Å². The van der Waals surface area contributed by atoms with Crippen molar-refractivity contribution in [2.75, 3.05) is 39.8 Å². The fraction of sp³-hybridized carbons (Fsp3) is 0.588. The summed E-state index contributed by atoms with van der Waals surface area (Å²) in [7, 11) is 1.58. The van der Waals surface area contributed by atoms with Crippen LogP contribution in [0.5, 0.6) is 0 Å². The third-order valence-corrected chi connectivity index (χ3v) is 4.44. The first-order valence-corrected chi connectivity index (χ1v) is 7.97. The van der Waals surface area contributed by atoms with E-state index in [2.05, 4.69) is 15.5 Å². The first-order valence-electron chi connectivity index (χ1n) is 7.97. The molecule has 1 fully saturated rings. The normalized spacial score (nSPS) is 17.7. The summed E-state index contributed by atoms with van der Waals surface area (Å²) in [4.78, 5) is 14.8. The summed E-state index contributed by atoms with van der Waals surface area (Å²) in [6, 6.07) is 6.15. The molecule has 2 rings (SSSR count). The van der Waals surface area contributed by atoms with E-state index in [4.69, 9.17) is 4.74 Å². The van der Waals surface area contributed by atoms with Crippen LogP contribution in [0.2, 0.25) is 0 Å². The lowest BCUT2D eigenvalue weighted by Crippen LogP contribution is -2.60. The van der Waals surface area contributed by atoms with Crippen LogP contribution in [0, 0.1) is 5.82 Å². The predicted octanol–water partition coefficient (Wildman–Crippen LogP) is 1.31. The second-order valence-corrected chi connectivity index (χ2v) is 6.28. The van der Waals surface area contributed by atoms with E-state index >= 15 is 0 Å². The Morgan fingerprint density at radius 1 is 1.35 bits per heavy atom. The van der Waals surface area contributed by atoms with Gasteiger partial charge in [0.05, 0.1) is 11.6 Å². The lowest BCUT2D eigenvalue weighted by atomic mass is 10.00. The molecule has 0 spiro atoms. The van der Waals surface area contributed by atoms with E-state index in [0.717, 1.165) is 31.7 Å². The van der Waals surface area contributed by atoms with Gasteiger partial charge in [-0.15, -0.1) is 0 Å². The van der Waals surface area contributed by atoms with Crippen LogP contribution in [0.4, 0.5) is 4.39 Å². The number of methoxy groups -OCH3 is 1. The maximum atomic E-state index is 13.0. The van der Waals surface area contributed by atoms with Crippen LogP contribution < -0.4 is 10.6 Å². The molecule has 5 nitrogen and oxygen atoms in total. The Bertz CT molecular complexity index is 513. The zero-order valence-corrected chi connectivity index (χ0v) is 14.1. The minimum absolute atomic E-state index is 0.0245. The second-order valence-electron chi connectivity index (χ2n) is 6.28. The summed E-state index contributed by atoms with van der Waals surface area (Å²) < 4.78 is 18.4. The van der Waals surface area contributed by atoms with Gasteiger partial charge in [0.25, 0.3) is 0 Å². The monoisotopic (exact) mass is 323 g/mol. The fourth-order valence-corrected chi connectivity index (χ4v) is 2.78. The maximum Gasteiger partial charge on any atom is 0.240 e. The van der Waals surface area contributed by atoms with Gasteiger partial charge in [-0.05, 0) is 31.5 Å². The number of rotatable bonds is 6. The summed E-state index contributed by atoms with van der Waals surface area (Å²) in [5.41, 5.74) is 0.276. The molecule has 2 N–H and O–H groups in total. The van der Waals surface area contributed by atoms with Gasteiger partial charge in [0.15, 0.2) is 0 Å². The third-order valence-electron chi connectivity index (χ3n) is 4.44. The second kappa shape index (κ2) is 7.86. The number of nitrogens with one attached hydrogen (secondary N) is 2. The lowest BCUT2D eigenvalue weighted by Gasteiger charge is -2.40. The molecule has 6 heteroatoms. The minimum atomic E-state index is -0.566. The highest BCUT2D eigenvalue weighted by Crippen LogP contribution is 2.18. The molecular weight excluding hydrogens is 297 g/mol. The van der Waals surface area contributed by atoms with Gasteiger partial charge in [0.1, 0.15) is 5.82 Å². The predicted molar refractivity (Wildman–Crippen MR) is 87.7 cm³/mol. The number of carbonyl (C=O) groups is 1. The van der Waals surface area contributed by atoms with Gasteiger partial charge in [0, 0.05) is 39.8 Å². The standard InChI is InChI=1S/C17H26FN3O2/c1-17(2,21-10-8-19-9-11-21)16(22)20-12-15(23-3)13-4-6-14(18)7-5-13/h4-7,15,19H,8-12H2,1-3H3,(H,20,22)/t15-/m0/s1. The first kappa shape index (κ1) is 17.8. The Labute approximate surface area is 137 Å². The number of carbonyl (C=O) groups excluding carboxylic acids is 1. The number of ether oxygens (including phenoxy) is 1. The van der Waals surface area contributed by atoms with Crippen LogP contribution in [-0.4, -0.2) is 56.2 Å². The Hall–Kier alpha value is -1.50. The van der Waals surface area contributed by atoms with Gasteiger partial charge in [-0.2, -0.15) is 0 Å². The largest absolute Gasteiger partial charge is 0.375 e. The molecule has 1 aliphatic heterocycles. The van der Waals surface area contributed by atoms with Gasteiger partial charge in [-0.1, -0.05) is 12.1 Å². The lowest BCUT2D eigenvalue weighted by molar-refractivity contribution is -0.132. The molecule has 23 heavy (non-hydrogen) atoms. The molecule has 0 bridgehead atoms. The number of nitrogens with zero attached hydrogens (tertiary/aromatic N) is 1. The smallest absolute Gasteiger partial charge is 0.240 e. The van der Waals surface area contributed by atoms with Crippen molar-refractivity contribution in [1.29, 1.82) is 0 Å². The van der Waals surface area contributed by atoms with E-state index in [-0.39, 0.29) is 17.8 Å². The van der Waals surface area contributed by atoms with E-state index in [0.29, 0.717) is 6.54 Å². The molecular formula is C17H26FN3O2. The van der Waals surface area contributed by atoms with Crippen molar-refractivity contribution in [3.8, 4) is 0 Å². The topological polar surface area (TPSA) is 53.6 Å². The summed E-state index contributed by atoms with van der Waals surface area (Å²) in [6.45, 7) is 7.73. The Balaban J connectivity index is 1.94. The molecule has 1 aromatic carbocycles. The highest BCUT2D eigenvalue weighted by molar-refractivity contribution is 5.85. The van der Waals surface area contributed by atoms with Crippen LogP contribution in [0.15, 0.2) is 24.3 Å². The van der Waals surface area contributed by atoms with Crippen molar-refractivity contribution in [3.63, 3.8) is 0 Å². The summed E-state index contributed by atoms with van der Waals surface area (Å²) in [6.07, 6.45) is -0.293. The molecule has 0 radical (unpaired) electrons. The van der Waals surface area contributed by atoms with E-state index in [1.54, 1.807) is 19.2 Å². The average Bonchev–Trinajstić information content (AvgIpc) is 2.57. The van der Waals surface area contributed by atoms with E-state index in [9.17, 15) is 9.18 Å². The fourth-order valence-electron chi connectivity index (χ4n) is 2.78. The molecule has 128 valence electrons. The Morgan fingerprint density at radius 3 is 2.52 bits per heavy atom. The number of hydrogen-bond acceptors (Lipinski definition) is 4. The molecule has 1 aromatic rings. The highest BCUT2D eigenvalue weighted by atomic mass is 19.1. The molecule has 1 saturated heterocycles. The molecule has 0 aliphatic carbocycles. The average molecular weight is 323 g/mol. The Kier molecular flexibility index (Phi) is 6.10. The SMILES string of the molecule is CO[C@@H](CNC(=O)C(C)(C)N1CCNCC1)c1ccc(F)cc1. The zero-order valence-electron chi connectivity index (χ0n) is 14.1.